The maximum atomic E-state index is 4.83. The highest BCUT2D eigenvalue weighted by atomic mass is 16.5. The Morgan fingerprint density at radius 1 is 1.20 bits per heavy atom. The number of hydrogen-bond donors (Lipinski definition) is 2. The van der Waals surface area contributed by atoms with Crippen molar-refractivity contribution in [3.05, 3.63) is 24.5 Å². The first-order valence-corrected chi connectivity index (χ1v) is 3.36. The molecule has 3 heteroatoms. The van der Waals surface area contributed by atoms with Gasteiger partial charge in [-0.2, -0.15) is 0 Å². The fraction of sp³-hybridized carbons (Fsp3) is 0.429. The van der Waals surface area contributed by atoms with Gasteiger partial charge in [0.1, 0.15) is 0 Å². The number of ether oxygens (including phenoxy) is 1. The molecule has 0 aromatic carbocycles. The molecule has 10 heavy (non-hydrogen) atoms. The van der Waals surface area contributed by atoms with Crippen molar-refractivity contribution in [2.24, 2.45) is 0 Å². The van der Waals surface area contributed by atoms with Gasteiger partial charge in [0, 0.05) is 18.9 Å². The second kappa shape index (κ2) is 5.02. The van der Waals surface area contributed by atoms with Gasteiger partial charge in [-0.15, -0.1) is 0 Å². The van der Waals surface area contributed by atoms with Crippen molar-refractivity contribution in [1.29, 1.82) is 0 Å². The molecule has 1 saturated heterocycles. The standard InChI is InChI=1S/C4H5N.C3H7NO/c1-2-4-5-3-1;1-2-5-3-4-1/h1-5H;4H,1-3H2. The van der Waals surface area contributed by atoms with Crippen molar-refractivity contribution in [2.75, 3.05) is 19.9 Å². The maximum Gasteiger partial charge on any atom is 0.0966 e. The van der Waals surface area contributed by atoms with E-state index in [-0.39, 0.29) is 0 Å². The number of hydrogen-bond acceptors (Lipinski definition) is 2. The zero-order chi connectivity index (χ0) is 7.07. The van der Waals surface area contributed by atoms with Crippen molar-refractivity contribution in [2.45, 2.75) is 0 Å². The van der Waals surface area contributed by atoms with E-state index in [0.717, 1.165) is 19.9 Å². The van der Waals surface area contributed by atoms with E-state index >= 15 is 0 Å². The van der Waals surface area contributed by atoms with Crippen LogP contribution < -0.4 is 5.32 Å². The molecule has 56 valence electrons. The molecule has 1 aliphatic heterocycles. The molecule has 0 unspecified atom stereocenters. The van der Waals surface area contributed by atoms with Crippen LogP contribution in [-0.2, 0) is 4.74 Å². The summed E-state index contributed by atoms with van der Waals surface area (Å²) in [7, 11) is 0. The van der Waals surface area contributed by atoms with Gasteiger partial charge in [0.25, 0.3) is 0 Å². The summed E-state index contributed by atoms with van der Waals surface area (Å²) in [5, 5.41) is 3.00. The van der Waals surface area contributed by atoms with Crippen LogP contribution >= 0.6 is 0 Å². The van der Waals surface area contributed by atoms with Gasteiger partial charge in [-0.1, -0.05) is 0 Å². The molecular weight excluding hydrogens is 128 g/mol. The van der Waals surface area contributed by atoms with Crippen molar-refractivity contribution in [1.82, 2.24) is 10.3 Å². The Hall–Kier alpha value is -0.800. The Kier molecular flexibility index (Phi) is 3.67. The molecule has 1 aliphatic rings. The summed E-state index contributed by atoms with van der Waals surface area (Å²) >= 11 is 0. The summed E-state index contributed by atoms with van der Waals surface area (Å²) in [6.07, 6.45) is 3.75. The molecule has 0 spiro atoms. The average molecular weight is 140 g/mol. The Balaban J connectivity index is 0.0000001000. The highest BCUT2D eigenvalue weighted by molar-refractivity contribution is 4.84. The van der Waals surface area contributed by atoms with Gasteiger partial charge < -0.3 is 9.72 Å². The minimum absolute atomic E-state index is 0.750. The van der Waals surface area contributed by atoms with Crippen LogP contribution in [-0.4, -0.2) is 24.9 Å². The first-order chi connectivity index (χ1) is 5.00. The van der Waals surface area contributed by atoms with E-state index in [4.69, 9.17) is 4.74 Å². The van der Waals surface area contributed by atoms with Crippen LogP contribution in [0.2, 0.25) is 0 Å². The molecule has 0 saturated carbocycles. The third-order valence-electron chi connectivity index (χ3n) is 1.12. The largest absolute Gasteiger partial charge is 0.368 e. The van der Waals surface area contributed by atoms with Crippen LogP contribution in [0.15, 0.2) is 24.5 Å². The molecule has 0 aliphatic carbocycles. The van der Waals surface area contributed by atoms with Gasteiger partial charge in [-0.25, -0.2) is 0 Å². The highest BCUT2D eigenvalue weighted by Crippen LogP contribution is 1.75. The fourth-order valence-electron chi connectivity index (χ4n) is 0.639. The van der Waals surface area contributed by atoms with Crippen molar-refractivity contribution < 1.29 is 4.74 Å². The summed E-state index contributed by atoms with van der Waals surface area (Å²) in [5.41, 5.74) is 0. The average Bonchev–Trinajstić information content (AvgIpc) is 2.67. The molecule has 2 N–H and O–H groups in total. The maximum absolute atomic E-state index is 4.83. The summed E-state index contributed by atoms with van der Waals surface area (Å²) < 4.78 is 4.83. The molecule has 0 radical (unpaired) electrons. The lowest BCUT2D eigenvalue weighted by Gasteiger charge is -1.76. The molecule has 0 amide bonds. The van der Waals surface area contributed by atoms with Gasteiger partial charge in [0.05, 0.1) is 13.3 Å². The zero-order valence-corrected chi connectivity index (χ0v) is 5.84. The van der Waals surface area contributed by atoms with Crippen molar-refractivity contribution in [3.8, 4) is 0 Å². The van der Waals surface area contributed by atoms with Crippen LogP contribution in [0.3, 0.4) is 0 Å². The van der Waals surface area contributed by atoms with Gasteiger partial charge in [0.15, 0.2) is 0 Å². The molecule has 3 nitrogen and oxygen atoms in total. The van der Waals surface area contributed by atoms with Crippen molar-refractivity contribution >= 4 is 0 Å². The topological polar surface area (TPSA) is 37.0 Å². The third kappa shape index (κ3) is 3.27. The molecule has 1 aromatic heterocycles. The number of aromatic nitrogens is 1. The van der Waals surface area contributed by atoms with Crippen LogP contribution in [0.1, 0.15) is 0 Å². The molecular formula is C7H12N2O. The first kappa shape index (κ1) is 7.31. The van der Waals surface area contributed by atoms with Gasteiger partial charge in [-0.05, 0) is 12.1 Å². The van der Waals surface area contributed by atoms with Gasteiger partial charge >= 0.3 is 0 Å². The quantitative estimate of drug-likeness (QED) is 0.553. The van der Waals surface area contributed by atoms with Crippen LogP contribution in [0.4, 0.5) is 0 Å². The van der Waals surface area contributed by atoms with Crippen molar-refractivity contribution in [3.63, 3.8) is 0 Å². The predicted octanol–water partition coefficient (Wildman–Crippen LogP) is 0.578. The van der Waals surface area contributed by atoms with E-state index < -0.39 is 0 Å². The van der Waals surface area contributed by atoms with Gasteiger partial charge in [0.2, 0.25) is 0 Å². The summed E-state index contributed by atoms with van der Waals surface area (Å²) in [6, 6.07) is 3.89. The second-order valence-electron chi connectivity index (χ2n) is 1.94. The monoisotopic (exact) mass is 140 g/mol. The van der Waals surface area contributed by atoms with Gasteiger partial charge in [-0.3, -0.25) is 5.32 Å². The summed E-state index contributed by atoms with van der Waals surface area (Å²) in [6.45, 7) is 2.67. The number of nitrogens with one attached hydrogen (secondary N) is 2. The number of H-pyrrole nitrogens is 1. The third-order valence-corrected chi connectivity index (χ3v) is 1.12. The number of rotatable bonds is 0. The van der Waals surface area contributed by atoms with Crippen LogP contribution in [0.5, 0.6) is 0 Å². The van der Waals surface area contributed by atoms with Crippen LogP contribution in [0, 0.1) is 0 Å². The van der Waals surface area contributed by atoms with E-state index in [1.54, 1.807) is 0 Å². The Bertz CT molecular complexity index is 110. The zero-order valence-electron chi connectivity index (χ0n) is 5.84. The van der Waals surface area contributed by atoms with E-state index in [2.05, 4.69) is 10.3 Å². The molecule has 1 fully saturated rings. The lowest BCUT2D eigenvalue weighted by atomic mass is 10.7. The lowest BCUT2D eigenvalue weighted by Crippen LogP contribution is -2.05. The highest BCUT2D eigenvalue weighted by Gasteiger charge is 1.92. The SMILES string of the molecule is C1COCN1.c1cc[nH]c1. The number of aromatic amines is 1. The second-order valence-corrected chi connectivity index (χ2v) is 1.94. The Morgan fingerprint density at radius 3 is 2.20 bits per heavy atom. The van der Waals surface area contributed by atoms with E-state index in [1.807, 2.05) is 24.5 Å². The smallest absolute Gasteiger partial charge is 0.0966 e. The van der Waals surface area contributed by atoms with E-state index in [1.165, 1.54) is 0 Å². The van der Waals surface area contributed by atoms with Crippen LogP contribution in [0.25, 0.3) is 0 Å². The molecule has 2 rings (SSSR count). The molecule has 1 aromatic rings. The molecule has 2 heterocycles. The Labute approximate surface area is 60.4 Å². The minimum Gasteiger partial charge on any atom is -0.368 e. The minimum atomic E-state index is 0.750. The predicted molar refractivity (Wildman–Crippen MR) is 39.6 cm³/mol. The molecule has 0 atom stereocenters. The Morgan fingerprint density at radius 2 is 2.00 bits per heavy atom. The van der Waals surface area contributed by atoms with E-state index in [9.17, 15) is 0 Å². The normalized spacial score (nSPS) is 16.0. The van der Waals surface area contributed by atoms with E-state index in [0.29, 0.717) is 0 Å². The lowest BCUT2D eigenvalue weighted by molar-refractivity contribution is 0.194. The molecule has 0 bridgehead atoms. The summed E-state index contributed by atoms with van der Waals surface area (Å²) in [4.78, 5) is 2.86. The fourth-order valence-corrected chi connectivity index (χ4v) is 0.639. The first-order valence-electron chi connectivity index (χ1n) is 3.36. The summed E-state index contributed by atoms with van der Waals surface area (Å²) in [5.74, 6) is 0.